The van der Waals surface area contributed by atoms with Crippen LogP contribution in [-0.4, -0.2) is 41.9 Å². The first-order chi connectivity index (χ1) is 8.17. The topological polar surface area (TPSA) is 63.4 Å². The van der Waals surface area contributed by atoms with E-state index in [1.165, 1.54) is 0 Å². The van der Waals surface area contributed by atoms with Crippen molar-refractivity contribution in [2.45, 2.75) is 33.0 Å². The maximum absolute atomic E-state index is 5.73. The summed E-state index contributed by atoms with van der Waals surface area (Å²) in [4.78, 5) is 6.36. The van der Waals surface area contributed by atoms with Gasteiger partial charge in [-0.15, -0.1) is 0 Å². The summed E-state index contributed by atoms with van der Waals surface area (Å²) >= 11 is 0. The summed E-state index contributed by atoms with van der Waals surface area (Å²) in [6.07, 6.45) is 0. The number of hydrogen-bond donors (Lipinski definition) is 1. The molecule has 0 saturated carbocycles. The third-order valence-electron chi connectivity index (χ3n) is 3.05. The summed E-state index contributed by atoms with van der Waals surface area (Å²) in [5.74, 6) is 1.19. The largest absolute Gasteiger partial charge is 0.363 e. The number of aromatic nitrogens is 2. The Hall–Kier alpha value is -1.14. The van der Waals surface area contributed by atoms with Crippen LogP contribution in [0, 0.1) is 0 Å². The molecule has 0 spiro atoms. The molecule has 1 N–H and O–H groups in total. The predicted molar refractivity (Wildman–Crippen MR) is 63.9 cm³/mol. The highest BCUT2D eigenvalue weighted by Crippen LogP contribution is 2.18. The van der Waals surface area contributed by atoms with Crippen molar-refractivity contribution in [3.63, 3.8) is 0 Å². The zero-order valence-corrected chi connectivity index (χ0v) is 10.7. The van der Waals surface area contributed by atoms with Gasteiger partial charge in [0.2, 0.25) is 0 Å². The second-order valence-corrected chi connectivity index (χ2v) is 4.50. The second kappa shape index (κ2) is 5.01. The summed E-state index contributed by atoms with van der Waals surface area (Å²) in [6, 6.07) is 0. The lowest BCUT2D eigenvalue weighted by Gasteiger charge is -2.38. The van der Waals surface area contributed by atoms with Crippen molar-refractivity contribution in [3.8, 4) is 0 Å². The van der Waals surface area contributed by atoms with Crippen LogP contribution in [0.3, 0.4) is 0 Å². The molecule has 0 unspecified atom stereocenters. The number of rotatable bonds is 6. The summed E-state index contributed by atoms with van der Waals surface area (Å²) in [7, 11) is 0. The zero-order chi connectivity index (χ0) is 12.3. The summed E-state index contributed by atoms with van der Waals surface area (Å²) in [6.45, 7) is 10.1. The van der Waals surface area contributed by atoms with Gasteiger partial charge in [0.05, 0.1) is 5.60 Å². The van der Waals surface area contributed by atoms with E-state index in [2.05, 4.69) is 36.2 Å². The first kappa shape index (κ1) is 12.3. The van der Waals surface area contributed by atoms with Gasteiger partial charge in [-0.05, 0) is 25.9 Å². The number of anilines is 1. The molecule has 2 rings (SSSR count). The molecule has 0 aliphatic carbocycles. The average Bonchev–Trinajstić information content (AvgIpc) is 2.74. The van der Waals surface area contributed by atoms with Gasteiger partial charge in [-0.1, -0.05) is 0 Å². The molecule has 1 aromatic rings. The Morgan fingerprint density at radius 1 is 1.41 bits per heavy atom. The van der Waals surface area contributed by atoms with Gasteiger partial charge in [0.1, 0.15) is 6.61 Å². The van der Waals surface area contributed by atoms with Gasteiger partial charge in [0, 0.05) is 26.2 Å². The molecule has 0 bridgehead atoms. The molecule has 1 aromatic heterocycles. The highest BCUT2D eigenvalue weighted by molar-refractivity contribution is 5.26. The normalized spacial score (nSPS) is 17.8. The van der Waals surface area contributed by atoms with Crippen LogP contribution in [0.25, 0.3) is 0 Å². The van der Waals surface area contributed by atoms with Gasteiger partial charge in [-0.2, -0.15) is 4.98 Å². The summed E-state index contributed by atoms with van der Waals surface area (Å²) in [5.41, 5.74) is -0.0795. The number of ether oxygens (including phenoxy) is 1. The third-order valence-corrected chi connectivity index (χ3v) is 3.05. The maximum atomic E-state index is 5.73. The smallest absolute Gasteiger partial charge is 0.266 e. The number of nitrogens with zero attached hydrogens (tertiary/aromatic N) is 3. The Morgan fingerprint density at radius 2 is 2.12 bits per heavy atom. The first-order valence-corrected chi connectivity index (χ1v) is 6.09. The zero-order valence-electron chi connectivity index (χ0n) is 10.7. The summed E-state index contributed by atoms with van der Waals surface area (Å²) in [5, 5.41) is 7.13. The van der Waals surface area contributed by atoms with Gasteiger partial charge >= 0.3 is 0 Å². The van der Waals surface area contributed by atoms with E-state index < -0.39 is 0 Å². The van der Waals surface area contributed by atoms with Gasteiger partial charge < -0.3 is 19.5 Å². The van der Waals surface area contributed by atoms with Crippen molar-refractivity contribution in [3.05, 3.63) is 5.89 Å². The maximum Gasteiger partial charge on any atom is 0.266 e. The summed E-state index contributed by atoms with van der Waals surface area (Å²) < 4.78 is 10.9. The Kier molecular flexibility index (Phi) is 3.63. The van der Waals surface area contributed by atoms with Crippen molar-refractivity contribution in [2.24, 2.45) is 0 Å². The van der Waals surface area contributed by atoms with Gasteiger partial charge in [-0.25, -0.2) is 0 Å². The van der Waals surface area contributed by atoms with Gasteiger partial charge in [0.25, 0.3) is 11.8 Å². The fourth-order valence-electron chi connectivity index (χ4n) is 1.75. The predicted octanol–water partition coefficient (Wildman–Crippen LogP) is 0.794. The van der Waals surface area contributed by atoms with E-state index in [1.54, 1.807) is 0 Å². The number of nitrogens with one attached hydrogen (secondary N) is 1. The lowest BCUT2D eigenvalue weighted by molar-refractivity contribution is -0.0841. The monoisotopic (exact) mass is 240 g/mol. The van der Waals surface area contributed by atoms with Crippen molar-refractivity contribution in [1.29, 1.82) is 0 Å². The molecule has 0 amide bonds. The molecular formula is C11H20N4O2. The molecule has 96 valence electrons. The van der Waals surface area contributed by atoms with E-state index >= 15 is 0 Å². The van der Waals surface area contributed by atoms with Gasteiger partial charge in [0.15, 0.2) is 0 Å². The quantitative estimate of drug-likeness (QED) is 0.793. The van der Waals surface area contributed by atoms with E-state index in [9.17, 15) is 0 Å². The van der Waals surface area contributed by atoms with Crippen LogP contribution in [0.5, 0.6) is 0 Å². The second-order valence-electron chi connectivity index (χ2n) is 4.50. The lowest BCUT2D eigenvalue weighted by Crippen LogP contribution is -2.58. The van der Waals surface area contributed by atoms with Crippen molar-refractivity contribution in [2.75, 3.05) is 31.1 Å². The number of hydrogen-bond acceptors (Lipinski definition) is 6. The van der Waals surface area contributed by atoms with E-state index in [0.29, 0.717) is 18.4 Å². The highest BCUT2D eigenvalue weighted by atomic mass is 16.5. The van der Waals surface area contributed by atoms with E-state index in [-0.39, 0.29) is 5.60 Å². The molecule has 6 heteroatoms. The van der Waals surface area contributed by atoms with Gasteiger partial charge in [-0.3, -0.25) is 0 Å². The molecular weight excluding hydrogens is 220 g/mol. The molecule has 1 aliphatic heterocycles. The SMILES string of the molecule is CCN(CC)c1noc(COC2(C)CNC2)n1. The average molecular weight is 240 g/mol. The van der Waals surface area contributed by atoms with E-state index in [1.807, 2.05) is 4.90 Å². The molecule has 1 fully saturated rings. The standard InChI is InChI=1S/C11H20N4O2/c1-4-15(5-2)10-13-9(17-14-10)6-16-11(3)7-12-8-11/h12H,4-8H2,1-3H3. The molecule has 0 atom stereocenters. The lowest BCUT2D eigenvalue weighted by atomic mass is 10.0. The fourth-order valence-corrected chi connectivity index (χ4v) is 1.75. The molecule has 1 saturated heterocycles. The van der Waals surface area contributed by atoms with Crippen LogP contribution in [0.1, 0.15) is 26.7 Å². The minimum atomic E-state index is -0.0795. The van der Waals surface area contributed by atoms with Crippen molar-refractivity contribution in [1.82, 2.24) is 15.5 Å². The molecule has 2 heterocycles. The minimum Gasteiger partial charge on any atom is -0.363 e. The van der Waals surface area contributed by atoms with E-state index in [4.69, 9.17) is 9.26 Å². The molecule has 17 heavy (non-hydrogen) atoms. The molecule has 1 aliphatic rings. The molecule has 6 nitrogen and oxygen atoms in total. The third kappa shape index (κ3) is 2.76. The van der Waals surface area contributed by atoms with Crippen LogP contribution in [0.2, 0.25) is 0 Å². The minimum absolute atomic E-state index is 0.0795. The van der Waals surface area contributed by atoms with Crippen LogP contribution < -0.4 is 10.2 Å². The first-order valence-electron chi connectivity index (χ1n) is 6.09. The fraction of sp³-hybridized carbons (Fsp3) is 0.818. The van der Waals surface area contributed by atoms with Crippen LogP contribution in [0.15, 0.2) is 4.52 Å². The van der Waals surface area contributed by atoms with Crippen molar-refractivity contribution >= 4 is 5.95 Å². The van der Waals surface area contributed by atoms with Crippen LogP contribution in [0.4, 0.5) is 5.95 Å². The molecule has 0 aromatic carbocycles. The highest BCUT2D eigenvalue weighted by Gasteiger charge is 2.33. The van der Waals surface area contributed by atoms with Crippen molar-refractivity contribution < 1.29 is 9.26 Å². The Balaban J connectivity index is 1.89. The Morgan fingerprint density at radius 3 is 2.65 bits per heavy atom. The van der Waals surface area contributed by atoms with Crippen LogP contribution >= 0.6 is 0 Å². The van der Waals surface area contributed by atoms with E-state index in [0.717, 1.165) is 26.2 Å². The molecule has 0 radical (unpaired) electrons. The Bertz CT molecular complexity index is 358. The van der Waals surface area contributed by atoms with Crippen LogP contribution in [-0.2, 0) is 11.3 Å². The Labute approximate surface area is 101 Å².